The Bertz CT molecular complexity index is 314. The first-order valence-electron chi connectivity index (χ1n) is 15.9. The summed E-state index contributed by atoms with van der Waals surface area (Å²) >= 11 is 0. The molecule has 0 nitrogen and oxygen atoms in total. The summed E-state index contributed by atoms with van der Waals surface area (Å²) in [4.78, 5) is 0. The van der Waals surface area contributed by atoms with Gasteiger partial charge in [0, 0.05) is 0 Å². The quantitative estimate of drug-likeness (QED) is 0.129. The maximum Gasteiger partial charge on any atom is -0.0412 e. The van der Waals surface area contributed by atoms with Gasteiger partial charge in [-0.1, -0.05) is 187 Å². The summed E-state index contributed by atoms with van der Waals surface area (Å²) < 4.78 is 0. The maximum atomic E-state index is 2.31. The molecule has 0 aliphatic heterocycles. The number of unbranched alkanes of at least 4 members (excludes halogenated alkanes) is 20. The lowest BCUT2D eigenvalue weighted by Gasteiger charge is -2.29. The second-order valence-electron chi connectivity index (χ2n) is 11.5. The van der Waals surface area contributed by atoms with E-state index in [0.29, 0.717) is 0 Å². The molecule has 2 atom stereocenters. The molecule has 0 N–H and O–H groups in total. The van der Waals surface area contributed by atoms with Gasteiger partial charge < -0.3 is 0 Å². The number of hydrogen-bond donors (Lipinski definition) is 0. The average molecular weight is 449 g/mol. The molecule has 1 saturated carbocycles. The zero-order valence-electron chi connectivity index (χ0n) is 23.0. The second-order valence-corrected chi connectivity index (χ2v) is 11.5. The predicted molar refractivity (Wildman–Crippen MR) is 148 cm³/mol. The van der Waals surface area contributed by atoms with Crippen LogP contribution in [0.3, 0.4) is 0 Å². The highest BCUT2D eigenvalue weighted by Gasteiger charge is 2.21. The minimum atomic E-state index is 1.08. The van der Waals surface area contributed by atoms with Crippen LogP contribution in [0.1, 0.15) is 194 Å². The summed E-state index contributed by atoms with van der Waals surface area (Å²) in [7, 11) is 0. The summed E-state index contributed by atoms with van der Waals surface area (Å²) in [6.45, 7) is 4.62. The topological polar surface area (TPSA) is 0 Å². The first kappa shape index (κ1) is 30.0. The van der Waals surface area contributed by atoms with Crippen molar-refractivity contribution in [1.29, 1.82) is 0 Å². The minimum absolute atomic E-state index is 1.08. The second kappa shape index (κ2) is 24.1. The molecule has 1 rings (SSSR count). The van der Waals surface area contributed by atoms with Crippen LogP contribution in [0, 0.1) is 11.8 Å². The fraction of sp³-hybridized carbons (Fsp3) is 1.00. The first-order chi connectivity index (χ1) is 15.9. The maximum absolute atomic E-state index is 2.31. The van der Waals surface area contributed by atoms with E-state index in [-0.39, 0.29) is 0 Å². The molecule has 0 heterocycles. The average Bonchev–Trinajstić information content (AvgIpc) is 2.81. The highest BCUT2D eigenvalue weighted by Crippen LogP contribution is 2.35. The van der Waals surface area contributed by atoms with Crippen molar-refractivity contribution >= 4 is 0 Å². The molecule has 0 radical (unpaired) electrons. The van der Waals surface area contributed by atoms with Crippen molar-refractivity contribution in [2.24, 2.45) is 11.8 Å². The van der Waals surface area contributed by atoms with E-state index in [4.69, 9.17) is 0 Å². The van der Waals surface area contributed by atoms with Gasteiger partial charge in [0.25, 0.3) is 0 Å². The van der Waals surface area contributed by atoms with Gasteiger partial charge in [-0.25, -0.2) is 0 Å². The lowest BCUT2D eigenvalue weighted by molar-refractivity contribution is 0.235. The predicted octanol–water partition coefficient (Wildman–Crippen LogP) is 12.2. The highest BCUT2D eigenvalue weighted by atomic mass is 14.3. The Balaban J connectivity index is 1.85. The Labute approximate surface area is 205 Å². The van der Waals surface area contributed by atoms with Gasteiger partial charge in [-0.2, -0.15) is 0 Å². The lowest BCUT2D eigenvalue weighted by atomic mass is 9.77. The zero-order valence-corrected chi connectivity index (χ0v) is 23.0. The van der Waals surface area contributed by atoms with E-state index in [1.54, 1.807) is 32.1 Å². The highest BCUT2D eigenvalue weighted by molar-refractivity contribution is 4.73. The molecule has 0 aromatic heterocycles. The van der Waals surface area contributed by atoms with Crippen LogP contribution in [0.2, 0.25) is 0 Å². The third-order valence-electron chi connectivity index (χ3n) is 8.32. The van der Waals surface area contributed by atoms with Crippen LogP contribution in [0.25, 0.3) is 0 Å². The van der Waals surface area contributed by atoms with Crippen LogP contribution in [0.5, 0.6) is 0 Å². The lowest BCUT2D eigenvalue weighted by Crippen LogP contribution is -2.15. The number of hydrogen-bond acceptors (Lipinski definition) is 0. The summed E-state index contributed by atoms with van der Waals surface area (Å²) in [6.07, 6.45) is 41.9. The summed E-state index contributed by atoms with van der Waals surface area (Å²) in [6, 6.07) is 0. The molecule has 0 bridgehead atoms. The molecule has 192 valence electrons. The molecule has 1 aliphatic carbocycles. The van der Waals surface area contributed by atoms with Crippen LogP contribution in [-0.2, 0) is 0 Å². The van der Waals surface area contributed by atoms with Crippen molar-refractivity contribution in [3.05, 3.63) is 0 Å². The number of rotatable bonds is 24. The van der Waals surface area contributed by atoms with E-state index in [2.05, 4.69) is 13.8 Å². The van der Waals surface area contributed by atoms with Crippen LogP contribution >= 0.6 is 0 Å². The van der Waals surface area contributed by atoms with Crippen LogP contribution < -0.4 is 0 Å². The Hall–Kier alpha value is 0. The van der Waals surface area contributed by atoms with Gasteiger partial charge in [0.15, 0.2) is 0 Å². The summed E-state index contributed by atoms with van der Waals surface area (Å²) in [5.74, 6) is 2.17. The summed E-state index contributed by atoms with van der Waals surface area (Å²) in [5, 5.41) is 0. The van der Waals surface area contributed by atoms with Gasteiger partial charge in [0.05, 0.1) is 0 Å². The molecule has 0 heteroatoms. The molecule has 0 aromatic carbocycles. The molecule has 1 fully saturated rings. The summed E-state index contributed by atoms with van der Waals surface area (Å²) in [5.41, 5.74) is 0. The van der Waals surface area contributed by atoms with Crippen LogP contribution in [0.4, 0.5) is 0 Å². The molecule has 0 aromatic rings. The van der Waals surface area contributed by atoms with E-state index in [1.165, 1.54) is 148 Å². The normalized spacial score (nSPS) is 18.9. The van der Waals surface area contributed by atoms with E-state index in [1.807, 2.05) is 0 Å². The van der Waals surface area contributed by atoms with E-state index < -0.39 is 0 Å². The smallest absolute Gasteiger partial charge is 0.0412 e. The zero-order chi connectivity index (χ0) is 23.0. The van der Waals surface area contributed by atoms with Crippen molar-refractivity contribution in [2.75, 3.05) is 0 Å². The van der Waals surface area contributed by atoms with Crippen LogP contribution in [-0.4, -0.2) is 0 Å². The van der Waals surface area contributed by atoms with Gasteiger partial charge >= 0.3 is 0 Å². The van der Waals surface area contributed by atoms with Gasteiger partial charge in [-0.05, 0) is 18.3 Å². The molecular weight excluding hydrogens is 384 g/mol. The van der Waals surface area contributed by atoms with Gasteiger partial charge in [-0.15, -0.1) is 0 Å². The molecule has 0 saturated heterocycles. The van der Waals surface area contributed by atoms with Gasteiger partial charge in [0.2, 0.25) is 0 Å². The van der Waals surface area contributed by atoms with Crippen molar-refractivity contribution in [2.45, 2.75) is 194 Å². The molecule has 0 amide bonds. The van der Waals surface area contributed by atoms with Crippen molar-refractivity contribution < 1.29 is 0 Å². The standard InChI is InChI=1S/C32H64/c1-3-5-7-9-11-13-15-17-19-21-23-26-31-28-25-29-32(30-31)27-24-22-20-18-16-14-12-10-8-6-4-2/h31-32H,3-30H2,1-2H3. The van der Waals surface area contributed by atoms with E-state index in [0.717, 1.165) is 11.8 Å². The van der Waals surface area contributed by atoms with E-state index in [9.17, 15) is 0 Å². The third kappa shape index (κ3) is 19.5. The van der Waals surface area contributed by atoms with Crippen molar-refractivity contribution in [3.8, 4) is 0 Å². The Kier molecular flexibility index (Phi) is 22.7. The largest absolute Gasteiger partial charge is 0.0654 e. The molecule has 2 unspecified atom stereocenters. The molecule has 0 spiro atoms. The minimum Gasteiger partial charge on any atom is -0.0654 e. The third-order valence-corrected chi connectivity index (χ3v) is 8.32. The first-order valence-corrected chi connectivity index (χ1v) is 15.9. The van der Waals surface area contributed by atoms with E-state index >= 15 is 0 Å². The van der Waals surface area contributed by atoms with Crippen LogP contribution in [0.15, 0.2) is 0 Å². The molecule has 32 heavy (non-hydrogen) atoms. The fourth-order valence-corrected chi connectivity index (χ4v) is 6.12. The van der Waals surface area contributed by atoms with Gasteiger partial charge in [0.1, 0.15) is 0 Å². The molecule has 1 aliphatic rings. The monoisotopic (exact) mass is 449 g/mol. The Morgan fingerprint density at radius 1 is 0.375 bits per heavy atom. The van der Waals surface area contributed by atoms with Crippen molar-refractivity contribution in [1.82, 2.24) is 0 Å². The fourth-order valence-electron chi connectivity index (χ4n) is 6.12. The Morgan fingerprint density at radius 2 is 0.656 bits per heavy atom. The van der Waals surface area contributed by atoms with Gasteiger partial charge in [-0.3, -0.25) is 0 Å². The SMILES string of the molecule is CCCCCCCCCCCCCC1CCCC(CCCCCCCCCCCCC)C1. The van der Waals surface area contributed by atoms with Crippen molar-refractivity contribution in [3.63, 3.8) is 0 Å². The molecular formula is C32H64. The Morgan fingerprint density at radius 3 is 0.969 bits per heavy atom.